The second-order valence-corrected chi connectivity index (χ2v) is 11.5. The van der Waals surface area contributed by atoms with Crippen LogP contribution in [0.5, 0.6) is 5.75 Å². The number of carboxylic acids is 1. The van der Waals surface area contributed by atoms with Gasteiger partial charge in [-0.1, -0.05) is 51.3 Å². The Kier molecular flexibility index (Phi) is 17.2. The van der Waals surface area contributed by atoms with Crippen LogP contribution < -0.4 is 10.1 Å². The zero-order valence-corrected chi connectivity index (χ0v) is 27.5. The molecule has 0 aliphatic carbocycles. The number of carbonyl (C=O) groups is 3. The van der Waals surface area contributed by atoms with Crippen LogP contribution in [0.25, 0.3) is 5.69 Å². The minimum atomic E-state index is -0.981. The van der Waals surface area contributed by atoms with Gasteiger partial charge < -0.3 is 29.7 Å². The number of ether oxygens (including phenoxy) is 2. The summed E-state index contributed by atoms with van der Waals surface area (Å²) in [5.41, 5.74) is 1.42. The number of nitrogens with zero attached hydrogens (tertiary/aromatic N) is 5. The van der Waals surface area contributed by atoms with Gasteiger partial charge in [-0.05, 0) is 48.7 Å². The second kappa shape index (κ2) is 21.0. The molecule has 15 heteroatoms. The highest BCUT2D eigenvalue weighted by atomic mass is 19.1. The lowest BCUT2D eigenvalue weighted by molar-refractivity contribution is -0.191. The summed E-state index contributed by atoms with van der Waals surface area (Å²) in [6.07, 6.45) is 1.65. The van der Waals surface area contributed by atoms with E-state index in [0.717, 1.165) is 11.8 Å². The number of carboxylic acid groups (broad SMARTS) is 1. The average Bonchev–Trinajstić information content (AvgIpc) is 3.55. The minimum Gasteiger partial charge on any atom is -0.487 e. The summed E-state index contributed by atoms with van der Waals surface area (Å²) in [6, 6.07) is 15.0. The number of aromatic nitrogens is 3. The molecule has 14 nitrogen and oxygen atoms in total. The van der Waals surface area contributed by atoms with Gasteiger partial charge in [0.05, 0.1) is 24.8 Å². The number of nitrogens with one attached hydrogen (secondary N) is 1. The Morgan fingerprint density at radius 3 is 2.32 bits per heavy atom. The SMILES string of the molecule is C.C=CC(=O)O.CC(C)CN(C(=O)c1nnn(-c2ccccc2)c1COc1ccc(F)cc1)[C@@H]1CNC[C@H](C(=O)N2CCOCC2)C1.O=C=O. The maximum absolute atomic E-state index is 14.2. The predicted molar refractivity (Wildman–Crippen MR) is 180 cm³/mol. The van der Waals surface area contributed by atoms with Crippen molar-refractivity contribution >= 4 is 23.9 Å². The number of piperidine rings is 1. The van der Waals surface area contributed by atoms with Gasteiger partial charge in [-0.2, -0.15) is 9.59 Å². The van der Waals surface area contributed by atoms with Crippen LogP contribution in [0.15, 0.2) is 67.3 Å². The van der Waals surface area contributed by atoms with Crippen molar-refractivity contribution in [2.45, 2.75) is 40.3 Å². The Labute approximate surface area is 290 Å². The lowest BCUT2D eigenvalue weighted by atomic mass is 9.92. The summed E-state index contributed by atoms with van der Waals surface area (Å²) < 4.78 is 26.4. The van der Waals surface area contributed by atoms with E-state index in [2.05, 4.69) is 36.1 Å². The molecule has 3 heterocycles. The van der Waals surface area contributed by atoms with Crippen molar-refractivity contribution < 1.29 is 42.9 Å². The largest absolute Gasteiger partial charge is 0.487 e. The number of benzene rings is 2. The summed E-state index contributed by atoms with van der Waals surface area (Å²) in [7, 11) is 0. The number of morpholine rings is 1. The van der Waals surface area contributed by atoms with Crippen molar-refractivity contribution in [3.63, 3.8) is 0 Å². The molecule has 1 aromatic heterocycles. The average molecular weight is 697 g/mol. The topological polar surface area (TPSA) is 173 Å². The third kappa shape index (κ3) is 12.0. The molecule has 2 aromatic carbocycles. The fourth-order valence-corrected chi connectivity index (χ4v) is 5.37. The first-order valence-electron chi connectivity index (χ1n) is 15.7. The third-order valence-electron chi connectivity index (χ3n) is 7.59. The molecule has 0 saturated carbocycles. The molecule has 2 aliphatic rings. The van der Waals surface area contributed by atoms with Crippen molar-refractivity contribution in [2.75, 3.05) is 45.9 Å². The smallest absolute Gasteiger partial charge is 0.373 e. The molecule has 2 aliphatic heterocycles. The van der Waals surface area contributed by atoms with Gasteiger partial charge >= 0.3 is 12.1 Å². The van der Waals surface area contributed by atoms with Gasteiger partial charge in [-0.3, -0.25) is 9.59 Å². The van der Waals surface area contributed by atoms with Crippen LogP contribution in [0.4, 0.5) is 4.39 Å². The number of rotatable bonds is 10. The molecule has 3 aromatic rings. The van der Waals surface area contributed by atoms with Gasteiger partial charge in [0.2, 0.25) is 5.91 Å². The zero-order valence-electron chi connectivity index (χ0n) is 27.5. The van der Waals surface area contributed by atoms with E-state index in [1.807, 2.05) is 40.1 Å². The third-order valence-corrected chi connectivity index (χ3v) is 7.59. The number of aliphatic carboxylic acids is 1. The van der Waals surface area contributed by atoms with Crippen LogP contribution in [0, 0.1) is 17.7 Å². The zero-order chi connectivity index (χ0) is 35.8. The number of hydrogen-bond acceptors (Lipinski definition) is 10. The minimum absolute atomic E-state index is 0. The first-order valence-corrected chi connectivity index (χ1v) is 15.7. The summed E-state index contributed by atoms with van der Waals surface area (Å²) in [4.78, 5) is 56.7. The molecule has 2 amide bonds. The number of hydrogen-bond donors (Lipinski definition) is 2. The molecule has 270 valence electrons. The normalized spacial score (nSPS) is 16.6. The molecule has 5 rings (SSSR count). The van der Waals surface area contributed by atoms with E-state index >= 15 is 0 Å². The van der Waals surface area contributed by atoms with E-state index in [-0.39, 0.29) is 61.4 Å². The maximum Gasteiger partial charge on any atom is 0.373 e. The van der Waals surface area contributed by atoms with Gasteiger partial charge in [-0.25, -0.2) is 13.9 Å². The van der Waals surface area contributed by atoms with Crippen LogP contribution in [0.1, 0.15) is 43.9 Å². The first kappa shape index (κ1) is 40.9. The second-order valence-electron chi connectivity index (χ2n) is 11.5. The highest BCUT2D eigenvalue weighted by Gasteiger charge is 2.37. The van der Waals surface area contributed by atoms with E-state index in [1.54, 1.807) is 4.68 Å². The van der Waals surface area contributed by atoms with Crippen LogP contribution in [0.2, 0.25) is 0 Å². The fourth-order valence-electron chi connectivity index (χ4n) is 5.37. The molecule has 0 radical (unpaired) electrons. The van der Waals surface area contributed by atoms with Crippen molar-refractivity contribution in [2.24, 2.45) is 11.8 Å². The van der Waals surface area contributed by atoms with Crippen LogP contribution in [-0.2, 0) is 30.5 Å². The van der Waals surface area contributed by atoms with Crippen molar-refractivity contribution in [1.82, 2.24) is 30.1 Å². The molecule has 50 heavy (non-hydrogen) atoms. The van der Waals surface area contributed by atoms with E-state index in [4.69, 9.17) is 24.2 Å². The number of amides is 2. The Hall–Kier alpha value is -5.24. The monoisotopic (exact) mass is 696 g/mol. The lowest BCUT2D eigenvalue weighted by Crippen LogP contribution is -2.56. The molecular formula is C35H45FN6O8. The molecule has 0 spiro atoms. The number of carbonyl (C=O) groups excluding carboxylic acids is 4. The lowest BCUT2D eigenvalue weighted by Gasteiger charge is -2.40. The van der Waals surface area contributed by atoms with Gasteiger partial charge in [0.15, 0.2) is 5.69 Å². The van der Waals surface area contributed by atoms with Crippen LogP contribution in [-0.4, -0.2) is 106 Å². The maximum atomic E-state index is 14.2. The van der Waals surface area contributed by atoms with Gasteiger partial charge in [0.25, 0.3) is 5.91 Å². The highest BCUT2D eigenvalue weighted by Crippen LogP contribution is 2.24. The van der Waals surface area contributed by atoms with E-state index < -0.39 is 5.97 Å². The van der Waals surface area contributed by atoms with Gasteiger partial charge in [0, 0.05) is 44.8 Å². The Morgan fingerprint density at radius 2 is 1.74 bits per heavy atom. The number of para-hydroxylation sites is 1. The molecular weight excluding hydrogens is 651 g/mol. The Bertz CT molecular complexity index is 1550. The Balaban J connectivity index is 0.000000872. The van der Waals surface area contributed by atoms with Crippen LogP contribution >= 0.6 is 0 Å². The Morgan fingerprint density at radius 1 is 1.12 bits per heavy atom. The molecule has 2 saturated heterocycles. The van der Waals surface area contributed by atoms with Crippen LogP contribution in [0.3, 0.4) is 0 Å². The fraction of sp³-hybridized carbons (Fsp3) is 0.429. The molecule has 0 bridgehead atoms. The van der Waals surface area contributed by atoms with Gasteiger partial charge in [0.1, 0.15) is 23.9 Å². The standard InChI is InChI=1S/C30H37FN6O4.C3H4O2.CO2.CH4/c1-21(2)19-36(25-16-22(17-32-18-25)29(38)35-12-14-40-15-13-35)30(39)28-27(20-41-26-10-8-23(31)9-11-26)37(34-33-28)24-6-4-3-5-7-24;1-2-3(4)5;2-1-3;/h3-11,21-22,25,32H,12-20H2,1-2H3;2H,1H2,(H,4,5);;1H4/t22-,25+;;;/m1.../s1. The van der Waals surface area contributed by atoms with Crippen molar-refractivity contribution in [1.29, 1.82) is 0 Å². The summed E-state index contributed by atoms with van der Waals surface area (Å²) in [5.74, 6) is -1.07. The summed E-state index contributed by atoms with van der Waals surface area (Å²) in [5, 5.41) is 19.7. The predicted octanol–water partition coefficient (Wildman–Crippen LogP) is 3.23. The quantitative estimate of drug-likeness (QED) is 0.298. The highest BCUT2D eigenvalue weighted by molar-refractivity contribution is 5.94. The number of halogens is 1. The molecule has 0 unspecified atom stereocenters. The first-order chi connectivity index (χ1) is 23.6. The molecule has 2 fully saturated rings. The molecule has 2 N–H and O–H groups in total. The summed E-state index contributed by atoms with van der Waals surface area (Å²) in [6.45, 7) is 11.0. The van der Waals surface area contributed by atoms with E-state index in [1.165, 1.54) is 24.3 Å². The molecule has 2 atom stereocenters. The van der Waals surface area contributed by atoms with Gasteiger partial charge in [-0.15, -0.1) is 5.10 Å². The van der Waals surface area contributed by atoms with E-state index in [9.17, 15) is 18.8 Å². The summed E-state index contributed by atoms with van der Waals surface area (Å²) >= 11 is 0. The van der Waals surface area contributed by atoms with E-state index in [0.29, 0.717) is 63.8 Å². The van der Waals surface area contributed by atoms with Crippen molar-refractivity contribution in [3.05, 3.63) is 84.5 Å². The van der Waals surface area contributed by atoms with Crippen molar-refractivity contribution in [3.8, 4) is 11.4 Å².